The molecule has 21 heavy (non-hydrogen) atoms. The normalized spacial score (nSPS) is 25.5. The van der Waals surface area contributed by atoms with Crippen LogP contribution in [0.4, 0.5) is 11.4 Å². The van der Waals surface area contributed by atoms with Gasteiger partial charge >= 0.3 is 0 Å². The van der Waals surface area contributed by atoms with Crippen molar-refractivity contribution in [3.8, 4) is 0 Å². The van der Waals surface area contributed by atoms with Crippen LogP contribution in [0.2, 0.25) is 0 Å². The van der Waals surface area contributed by atoms with E-state index in [1.807, 2.05) is 0 Å². The maximum absolute atomic E-state index is 11.2. The number of nitrogens with one attached hydrogen (secondary N) is 1. The van der Waals surface area contributed by atoms with Crippen LogP contribution in [0.5, 0.6) is 0 Å². The molecule has 114 valence electrons. The van der Waals surface area contributed by atoms with E-state index >= 15 is 0 Å². The van der Waals surface area contributed by atoms with E-state index in [0.717, 1.165) is 18.8 Å². The van der Waals surface area contributed by atoms with Gasteiger partial charge in [-0.25, -0.2) is 0 Å². The molecule has 1 aromatic carbocycles. The predicted molar refractivity (Wildman–Crippen MR) is 82.2 cm³/mol. The molecule has 0 aromatic heterocycles. The summed E-state index contributed by atoms with van der Waals surface area (Å²) in [5.41, 5.74) is 13.0. The zero-order valence-corrected chi connectivity index (χ0v) is 12.0. The minimum atomic E-state index is -0.452. The Kier molecular flexibility index (Phi) is 3.98. The number of nitrogen functional groups attached to an aromatic ring is 1. The van der Waals surface area contributed by atoms with Gasteiger partial charge in [0, 0.05) is 24.7 Å². The van der Waals surface area contributed by atoms with Gasteiger partial charge in [-0.15, -0.1) is 0 Å². The number of benzene rings is 1. The van der Waals surface area contributed by atoms with E-state index in [9.17, 15) is 4.79 Å². The average molecular weight is 290 g/mol. The molecular formula is C15H22N4O2. The largest absolute Gasteiger partial charge is 0.397 e. The van der Waals surface area contributed by atoms with Crippen molar-refractivity contribution in [2.75, 3.05) is 37.3 Å². The number of rotatable bonds is 4. The lowest BCUT2D eigenvalue weighted by molar-refractivity contribution is -0.0415. The van der Waals surface area contributed by atoms with Gasteiger partial charge in [0.1, 0.15) is 0 Å². The maximum Gasteiger partial charge on any atom is 0.248 e. The fourth-order valence-corrected chi connectivity index (χ4v) is 3.10. The van der Waals surface area contributed by atoms with E-state index in [1.165, 1.54) is 19.4 Å². The third kappa shape index (κ3) is 3.11. The van der Waals surface area contributed by atoms with Gasteiger partial charge in [0.25, 0.3) is 0 Å². The van der Waals surface area contributed by atoms with Crippen LogP contribution in [-0.4, -0.2) is 49.2 Å². The van der Waals surface area contributed by atoms with E-state index < -0.39 is 5.91 Å². The van der Waals surface area contributed by atoms with Gasteiger partial charge in [0.05, 0.1) is 24.1 Å². The molecule has 2 heterocycles. The van der Waals surface area contributed by atoms with Crippen LogP contribution in [0.15, 0.2) is 18.2 Å². The Labute approximate surface area is 124 Å². The molecular weight excluding hydrogens is 268 g/mol. The van der Waals surface area contributed by atoms with Crippen LogP contribution in [0.25, 0.3) is 0 Å². The van der Waals surface area contributed by atoms with Crippen LogP contribution >= 0.6 is 0 Å². The fourth-order valence-electron chi connectivity index (χ4n) is 3.10. The molecule has 2 aliphatic rings. The van der Waals surface area contributed by atoms with E-state index in [-0.39, 0.29) is 6.10 Å². The molecule has 1 amide bonds. The van der Waals surface area contributed by atoms with E-state index in [1.54, 1.807) is 18.2 Å². The number of carbonyl (C=O) groups excluding carboxylic acids is 1. The molecule has 2 aliphatic heterocycles. The van der Waals surface area contributed by atoms with Gasteiger partial charge < -0.3 is 21.5 Å². The summed E-state index contributed by atoms with van der Waals surface area (Å²) in [4.78, 5) is 13.7. The topological polar surface area (TPSA) is 93.6 Å². The Morgan fingerprint density at radius 3 is 3.14 bits per heavy atom. The van der Waals surface area contributed by atoms with Gasteiger partial charge in [0.2, 0.25) is 5.91 Å². The lowest BCUT2D eigenvalue weighted by atomic mass is 10.1. The predicted octanol–water partition coefficient (Wildman–Crippen LogP) is 0.643. The molecule has 2 atom stereocenters. The first-order chi connectivity index (χ1) is 10.1. The summed E-state index contributed by atoms with van der Waals surface area (Å²) >= 11 is 0. The lowest BCUT2D eigenvalue weighted by Crippen LogP contribution is -2.48. The number of fused-ring (bicyclic) bond motifs is 1. The molecule has 0 bridgehead atoms. The molecule has 5 N–H and O–H groups in total. The molecule has 1 aromatic rings. The zero-order chi connectivity index (χ0) is 14.8. The highest BCUT2D eigenvalue weighted by atomic mass is 16.5. The monoisotopic (exact) mass is 290 g/mol. The molecule has 2 unspecified atom stereocenters. The van der Waals surface area contributed by atoms with Gasteiger partial charge in [-0.05, 0) is 37.6 Å². The quantitative estimate of drug-likeness (QED) is 0.708. The van der Waals surface area contributed by atoms with Gasteiger partial charge in [-0.3, -0.25) is 9.69 Å². The van der Waals surface area contributed by atoms with Crippen LogP contribution in [0, 0.1) is 0 Å². The molecule has 0 radical (unpaired) electrons. The van der Waals surface area contributed by atoms with Gasteiger partial charge in [0.15, 0.2) is 0 Å². The number of ether oxygens (including phenoxy) is 1. The van der Waals surface area contributed by atoms with Crippen molar-refractivity contribution in [2.45, 2.75) is 25.0 Å². The third-order valence-corrected chi connectivity index (χ3v) is 4.32. The first-order valence-corrected chi connectivity index (χ1v) is 7.42. The number of nitrogens with zero attached hydrogens (tertiary/aromatic N) is 1. The lowest BCUT2D eigenvalue weighted by Gasteiger charge is -2.35. The van der Waals surface area contributed by atoms with E-state index in [2.05, 4.69) is 10.2 Å². The second kappa shape index (κ2) is 5.91. The first kappa shape index (κ1) is 14.2. The highest BCUT2D eigenvalue weighted by Gasteiger charge is 2.31. The van der Waals surface area contributed by atoms with Crippen LogP contribution in [-0.2, 0) is 4.74 Å². The number of carbonyl (C=O) groups is 1. The number of hydrogen-bond acceptors (Lipinski definition) is 5. The summed E-state index contributed by atoms with van der Waals surface area (Å²) in [6.07, 6.45) is 2.66. The van der Waals surface area contributed by atoms with Gasteiger partial charge in [-0.2, -0.15) is 0 Å². The van der Waals surface area contributed by atoms with Crippen molar-refractivity contribution in [2.24, 2.45) is 5.73 Å². The van der Waals surface area contributed by atoms with Crippen molar-refractivity contribution < 1.29 is 9.53 Å². The standard InChI is InChI=1S/C15H22N4O2/c16-13-4-3-10(15(17)20)6-14(13)18-7-12-8-19-5-1-2-11(19)9-21-12/h3-4,6,11-12,18H,1-2,5,7-9,16H2,(H2,17,20). The van der Waals surface area contributed by atoms with Crippen molar-refractivity contribution >= 4 is 17.3 Å². The molecule has 0 spiro atoms. The number of anilines is 2. The van der Waals surface area contributed by atoms with Crippen molar-refractivity contribution in [1.29, 1.82) is 0 Å². The number of morpholine rings is 1. The van der Waals surface area contributed by atoms with Crippen LogP contribution < -0.4 is 16.8 Å². The van der Waals surface area contributed by atoms with Crippen LogP contribution in [0.1, 0.15) is 23.2 Å². The molecule has 2 saturated heterocycles. The maximum atomic E-state index is 11.2. The average Bonchev–Trinajstić information content (AvgIpc) is 2.93. The van der Waals surface area contributed by atoms with E-state index in [4.69, 9.17) is 16.2 Å². The second-order valence-electron chi connectivity index (χ2n) is 5.79. The smallest absolute Gasteiger partial charge is 0.248 e. The van der Waals surface area contributed by atoms with Gasteiger partial charge in [-0.1, -0.05) is 0 Å². The van der Waals surface area contributed by atoms with Crippen molar-refractivity contribution in [3.63, 3.8) is 0 Å². The second-order valence-corrected chi connectivity index (χ2v) is 5.79. The zero-order valence-electron chi connectivity index (χ0n) is 12.0. The Hall–Kier alpha value is -1.79. The molecule has 6 heteroatoms. The minimum Gasteiger partial charge on any atom is -0.397 e. The molecule has 2 fully saturated rings. The summed E-state index contributed by atoms with van der Waals surface area (Å²) < 4.78 is 5.89. The highest BCUT2D eigenvalue weighted by Crippen LogP contribution is 2.24. The number of nitrogens with two attached hydrogens (primary N) is 2. The summed E-state index contributed by atoms with van der Waals surface area (Å²) in [5, 5.41) is 3.27. The van der Waals surface area contributed by atoms with Crippen molar-refractivity contribution in [1.82, 2.24) is 4.90 Å². The summed E-state index contributed by atoms with van der Waals surface area (Å²) in [6, 6.07) is 5.62. The Balaban J connectivity index is 1.60. The number of amides is 1. The highest BCUT2D eigenvalue weighted by molar-refractivity contribution is 5.94. The Bertz CT molecular complexity index is 534. The minimum absolute atomic E-state index is 0.149. The molecule has 6 nitrogen and oxygen atoms in total. The molecule has 0 saturated carbocycles. The summed E-state index contributed by atoms with van der Waals surface area (Å²) in [6.45, 7) is 3.61. The van der Waals surface area contributed by atoms with E-state index in [0.29, 0.717) is 23.8 Å². The van der Waals surface area contributed by atoms with Crippen molar-refractivity contribution in [3.05, 3.63) is 23.8 Å². The fraction of sp³-hybridized carbons (Fsp3) is 0.533. The summed E-state index contributed by atoms with van der Waals surface area (Å²) in [7, 11) is 0. The number of hydrogen-bond donors (Lipinski definition) is 3. The molecule has 0 aliphatic carbocycles. The number of primary amides is 1. The molecule has 3 rings (SSSR count). The Morgan fingerprint density at radius 1 is 1.48 bits per heavy atom. The SMILES string of the molecule is NC(=O)c1ccc(N)c(NCC2CN3CCCC3CO2)c1. The third-order valence-electron chi connectivity index (χ3n) is 4.32. The Morgan fingerprint density at radius 2 is 2.33 bits per heavy atom. The first-order valence-electron chi connectivity index (χ1n) is 7.42. The van der Waals surface area contributed by atoms with Crippen LogP contribution in [0.3, 0.4) is 0 Å². The summed E-state index contributed by atoms with van der Waals surface area (Å²) in [5.74, 6) is -0.452.